The number of nitrogens with zero attached hydrogens (tertiary/aromatic N) is 2. The van der Waals surface area contributed by atoms with E-state index in [1.807, 2.05) is 18.7 Å². The normalized spacial score (nSPS) is 16.1. The van der Waals surface area contributed by atoms with Gasteiger partial charge < -0.3 is 15.1 Å². The molecule has 2 atom stereocenters. The molecule has 1 fully saturated rings. The molecule has 160 valence electrons. The summed E-state index contributed by atoms with van der Waals surface area (Å²) < 4.78 is 27.2. The maximum atomic E-state index is 14.0. The van der Waals surface area contributed by atoms with Gasteiger partial charge in [-0.15, -0.1) is 0 Å². The van der Waals surface area contributed by atoms with Gasteiger partial charge in [-0.1, -0.05) is 32.4 Å². The van der Waals surface area contributed by atoms with Crippen LogP contribution in [-0.4, -0.2) is 48.9 Å². The highest BCUT2D eigenvalue weighted by Gasteiger charge is 2.32. The highest BCUT2D eigenvalue weighted by molar-refractivity contribution is 5.97. The molecule has 1 heterocycles. The van der Waals surface area contributed by atoms with Crippen molar-refractivity contribution >= 4 is 17.5 Å². The molecule has 1 saturated heterocycles. The van der Waals surface area contributed by atoms with Crippen LogP contribution in [-0.2, 0) is 4.79 Å². The monoisotopic (exact) mass is 415 g/mol. The first-order valence-electron chi connectivity index (χ1n) is 10.3. The van der Waals surface area contributed by atoms with Crippen LogP contribution in [0.4, 0.5) is 14.5 Å². The molecule has 0 radical (unpaired) electrons. The summed E-state index contributed by atoms with van der Waals surface area (Å²) in [6.07, 6.45) is 0.718. The first-order chi connectivity index (χ1) is 14.4. The molecule has 0 aliphatic carbocycles. The summed E-state index contributed by atoms with van der Waals surface area (Å²) in [6.45, 7) is 5.82. The van der Waals surface area contributed by atoms with E-state index in [4.69, 9.17) is 0 Å². The van der Waals surface area contributed by atoms with Crippen molar-refractivity contribution in [1.29, 1.82) is 0 Å². The molecule has 0 saturated carbocycles. The van der Waals surface area contributed by atoms with Crippen molar-refractivity contribution in [2.24, 2.45) is 5.92 Å². The van der Waals surface area contributed by atoms with Gasteiger partial charge in [0.15, 0.2) is 0 Å². The average Bonchev–Trinajstić information content (AvgIpc) is 2.77. The van der Waals surface area contributed by atoms with Gasteiger partial charge in [-0.25, -0.2) is 8.78 Å². The first-order valence-corrected chi connectivity index (χ1v) is 10.3. The maximum Gasteiger partial charge on any atom is 0.251 e. The van der Waals surface area contributed by atoms with Crippen molar-refractivity contribution in [3.63, 3.8) is 0 Å². The lowest BCUT2D eigenvalue weighted by molar-refractivity contribution is -0.134. The Hall–Kier alpha value is -2.96. The predicted octanol–water partition coefficient (Wildman–Crippen LogP) is 3.46. The lowest BCUT2D eigenvalue weighted by Crippen LogP contribution is -2.56. The van der Waals surface area contributed by atoms with Crippen molar-refractivity contribution in [2.45, 2.75) is 26.3 Å². The minimum atomic E-state index is -0.674. The van der Waals surface area contributed by atoms with Gasteiger partial charge in [0.1, 0.15) is 17.7 Å². The molecule has 1 aliphatic rings. The number of anilines is 1. The number of hydrogen-bond donors (Lipinski definition) is 1. The van der Waals surface area contributed by atoms with E-state index in [0.717, 1.165) is 6.42 Å². The van der Waals surface area contributed by atoms with E-state index in [1.165, 1.54) is 30.3 Å². The fourth-order valence-electron chi connectivity index (χ4n) is 3.58. The van der Waals surface area contributed by atoms with E-state index < -0.39 is 17.8 Å². The van der Waals surface area contributed by atoms with Gasteiger partial charge in [0.25, 0.3) is 5.91 Å². The molecule has 1 N–H and O–H groups in total. The number of carbonyl (C=O) groups is 2. The van der Waals surface area contributed by atoms with Crippen LogP contribution in [0.5, 0.6) is 0 Å². The Balaban J connectivity index is 1.66. The second kappa shape index (κ2) is 9.69. The number of hydrogen-bond acceptors (Lipinski definition) is 3. The van der Waals surface area contributed by atoms with E-state index in [9.17, 15) is 18.4 Å². The minimum Gasteiger partial charge on any atom is -0.366 e. The minimum absolute atomic E-state index is 0.0634. The van der Waals surface area contributed by atoms with Crippen molar-refractivity contribution in [3.8, 4) is 0 Å². The van der Waals surface area contributed by atoms with E-state index >= 15 is 0 Å². The molecule has 2 unspecified atom stereocenters. The third-order valence-electron chi connectivity index (χ3n) is 5.66. The number of rotatable bonds is 6. The zero-order chi connectivity index (χ0) is 21.7. The van der Waals surface area contributed by atoms with Crippen LogP contribution in [0.15, 0.2) is 48.5 Å². The molecule has 0 spiro atoms. The summed E-state index contributed by atoms with van der Waals surface area (Å²) in [6, 6.07) is 11.2. The van der Waals surface area contributed by atoms with Crippen LogP contribution in [0.25, 0.3) is 0 Å². The van der Waals surface area contributed by atoms with Crippen LogP contribution in [0, 0.1) is 17.6 Å². The Morgan fingerprint density at radius 2 is 1.63 bits per heavy atom. The average molecular weight is 415 g/mol. The molecule has 0 aromatic heterocycles. The lowest BCUT2D eigenvalue weighted by atomic mass is 9.97. The summed E-state index contributed by atoms with van der Waals surface area (Å²) in [5, 5.41) is 2.83. The van der Waals surface area contributed by atoms with Crippen molar-refractivity contribution in [3.05, 3.63) is 65.7 Å². The van der Waals surface area contributed by atoms with Crippen LogP contribution in [0.2, 0.25) is 0 Å². The number of carbonyl (C=O) groups excluding carboxylic acids is 2. The third kappa shape index (κ3) is 4.96. The molecule has 30 heavy (non-hydrogen) atoms. The molecule has 3 rings (SSSR count). The Morgan fingerprint density at radius 3 is 2.23 bits per heavy atom. The molecule has 2 aromatic carbocycles. The molecular weight excluding hydrogens is 388 g/mol. The number of nitrogens with one attached hydrogen (secondary N) is 1. The largest absolute Gasteiger partial charge is 0.366 e. The van der Waals surface area contributed by atoms with Crippen molar-refractivity contribution in [1.82, 2.24) is 10.2 Å². The van der Waals surface area contributed by atoms with Gasteiger partial charge in [0.05, 0.1) is 5.69 Å². The number of benzene rings is 2. The van der Waals surface area contributed by atoms with Crippen LogP contribution in [0.1, 0.15) is 30.6 Å². The molecule has 0 bridgehead atoms. The third-order valence-corrected chi connectivity index (χ3v) is 5.66. The fourth-order valence-corrected chi connectivity index (χ4v) is 3.58. The fraction of sp³-hybridized carbons (Fsp3) is 0.391. The Bertz CT molecular complexity index is 880. The van der Waals surface area contributed by atoms with Crippen molar-refractivity contribution in [2.75, 3.05) is 31.1 Å². The first kappa shape index (κ1) is 21.7. The Morgan fingerprint density at radius 1 is 1.00 bits per heavy atom. The Kier molecular flexibility index (Phi) is 7.03. The van der Waals surface area contributed by atoms with Gasteiger partial charge in [-0.05, 0) is 42.3 Å². The smallest absolute Gasteiger partial charge is 0.251 e. The maximum absolute atomic E-state index is 14.0. The van der Waals surface area contributed by atoms with Gasteiger partial charge in [-0.2, -0.15) is 0 Å². The van der Waals surface area contributed by atoms with E-state index in [2.05, 4.69) is 5.32 Å². The second-order valence-corrected chi connectivity index (χ2v) is 7.61. The van der Waals surface area contributed by atoms with Gasteiger partial charge >= 0.3 is 0 Å². The summed E-state index contributed by atoms with van der Waals surface area (Å²) in [4.78, 5) is 29.4. The topological polar surface area (TPSA) is 52.7 Å². The number of amides is 2. The molecule has 5 nitrogen and oxygen atoms in total. The summed E-state index contributed by atoms with van der Waals surface area (Å²) in [7, 11) is 0. The Labute approximate surface area is 175 Å². The van der Waals surface area contributed by atoms with Crippen LogP contribution in [0.3, 0.4) is 0 Å². The van der Waals surface area contributed by atoms with Gasteiger partial charge in [0, 0.05) is 31.7 Å². The van der Waals surface area contributed by atoms with Crippen molar-refractivity contribution < 1.29 is 18.4 Å². The van der Waals surface area contributed by atoms with Crippen LogP contribution >= 0.6 is 0 Å². The summed E-state index contributed by atoms with van der Waals surface area (Å²) in [5.74, 6) is -1.31. The second-order valence-electron chi connectivity index (χ2n) is 7.61. The van der Waals surface area contributed by atoms with Gasteiger partial charge in [-0.3, -0.25) is 9.59 Å². The zero-order valence-electron chi connectivity index (χ0n) is 17.3. The molecule has 2 aromatic rings. The zero-order valence-corrected chi connectivity index (χ0v) is 17.3. The highest BCUT2D eigenvalue weighted by Crippen LogP contribution is 2.21. The van der Waals surface area contributed by atoms with Crippen LogP contribution < -0.4 is 10.2 Å². The van der Waals surface area contributed by atoms with E-state index in [1.54, 1.807) is 23.1 Å². The highest BCUT2D eigenvalue weighted by atomic mass is 19.1. The van der Waals surface area contributed by atoms with Gasteiger partial charge in [0.2, 0.25) is 5.91 Å². The SMILES string of the molecule is CCC(C)C(NC(=O)c1ccc(F)cc1)C(=O)N1CCN(c2ccccc2F)CC1. The molecule has 1 aliphatic heterocycles. The molecule has 2 amide bonds. The number of para-hydroxylation sites is 1. The number of halogens is 2. The summed E-state index contributed by atoms with van der Waals surface area (Å²) in [5.41, 5.74) is 0.842. The number of piperazine rings is 1. The molecule has 7 heteroatoms. The summed E-state index contributed by atoms with van der Waals surface area (Å²) >= 11 is 0. The van der Waals surface area contributed by atoms with E-state index in [0.29, 0.717) is 37.4 Å². The predicted molar refractivity (Wildman–Crippen MR) is 112 cm³/mol. The lowest BCUT2D eigenvalue weighted by Gasteiger charge is -2.38. The van der Waals surface area contributed by atoms with E-state index in [-0.39, 0.29) is 17.6 Å². The standard InChI is InChI=1S/C23H27F2N3O2/c1-3-16(2)21(26-22(29)17-8-10-18(24)11-9-17)23(30)28-14-12-27(13-15-28)20-7-5-4-6-19(20)25/h4-11,16,21H,3,12-15H2,1-2H3,(H,26,29). The molecular formula is C23H27F2N3O2. The quantitative estimate of drug-likeness (QED) is 0.786.